The first kappa shape index (κ1) is 15.3. The first-order valence-electron chi connectivity index (χ1n) is 8.11. The molecule has 1 aliphatic heterocycles. The van der Waals surface area contributed by atoms with Crippen LogP contribution in [0.3, 0.4) is 0 Å². The maximum Gasteiger partial charge on any atom is 0.262 e. The van der Waals surface area contributed by atoms with Gasteiger partial charge in [0, 0.05) is 24.0 Å². The minimum Gasteiger partial charge on any atom is -0.482 e. The molecule has 2 N–H and O–H groups in total. The zero-order chi connectivity index (χ0) is 17.4. The molecule has 0 unspecified atom stereocenters. The number of aromatic nitrogens is 1. The molecule has 0 bridgehead atoms. The minimum atomic E-state index is -0.225. The van der Waals surface area contributed by atoms with Crippen LogP contribution in [0.15, 0.2) is 48.7 Å². The van der Waals surface area contributed by atoms with E-state index in [1.807, 2.05) is 24.4 Å². The number of carbonyl (C=O) groups is 2. The van der Waals surface area contributed by atoms with E-state index in [9.17, 15) is 9.59 Å². The summed E-state index contributed by atoms with van der Waals surface area (Å²) >= 11 is 0. The fourth-order valence-corrected chi connectivity index (χ4v) is 2.96. The number of fused-ring (bicyclic) bond motifs is 2. The highest BCUT2D eigenvalue weighted by molar-refractivity contribution is 6.06. The normalized spacial score (nSPS) is 13.1. The van der Waals surface area contributed by atoms with Gasteiger partial charge < -0.3 is 19.9 Å². The van der Waals surface area contributed by atoms with E-state index in [0.717, 1.165) is 23.1 Å². The van der Waals surface area contributed by atoms with E-state index in [0.29, 0.717) is 17.0 Å². The van der Waals surface area contributed by atoms with Crippen LogP contribution in [0.5, 0.6) is 5.75 Å². The Balaban J connectivity index is 1.58. The number of hydrogen-bond donors (Lipinski definition) is 2. The quantitative estimate of drug-likeness (QED) is 0.772. The summed E-state index contributed by atoms with van der Waals surface area (Å²) in [4.78, 5) is 23.8. The van der Waals surface area contributed by atoms with Gasteiger partial charge in [0.05, 0.1) is 11.2 Å². The van der Waals surface area contributed by atoms with Crippen LogP contribution in [0, 0.1) is 0 Å². The summed E-state index contributed by atoms with van der Waals surface area (Å²) in [6.07, 6.45) is 2.03. The Morgan fingerprint density at radius 3 is 2.96 bits per heavy atom. The number of carbonyl (C=O) groups excluding carboxylic acids is 2. The Kier molecular flexibility index (Phi) is 3.65. The summed E-state index contributed by atoms with van der Waals surface area (Å²) in [5.41, 5.74) is 2.87. The number of aryl methyl sites for hydroxylation is 1. The average Bonchev–Trinajstić information content (AvgIpc) is 3.03. The van der Waals surface area contributed by atoms with E-state index in [2.05, 4.69) is 28.2 Å². The van der Waals surface area contributed by atoms with Crippen molar-refractivity contribution in [3.8, 4) is 5.75 Å². The molecule has 0 spiro atoms. The highest BCUT2D eigenvalue weighted by Gasteiger charge is 2.18. The minimum absolute atomic E-state index is 0.0389. The molecule has 0 aliphatic carbocycles. The number of nitrogens with one attached hydrogen (secondary N) is 2. The van der Waals surface area contributed by atoms with Crippen LogP contribution >= 0.6 is 0 Å². The first-order valence-corrected chi connectivity index (χ1v) is 8.11. The molecule has 0 fully saturated rings. The van der Waals surface area contributed by atoms with Crippen molar-refractivity contribution in [2.75, 3.05) is 17.2 Å². The van der Waals surface area contributed by atoms with Crippen molar-refractivity contribution in [2.24, 2.45) is 0 Å². The van der Waals surface area contributed by atoms with Gasteiger partial charge in [0.2, 0.25) is 0 Å². The Labute approximate surface area is 144 Å². The lowest BCUT2D eigenvalue weighted by atomic mass is 10.1. The molecular formula is C19H17N3O3. The number of amides is 2. The maximum atomic E-state index is 12.5. The van der Waals surface area contributed by atoms with Crippen molar-refractivity contribution >= 4 is 34.1 Å². The van der Waals surface area contributed by atoms with Crippen LogP contribution in [-0.4, -0.2) is 23.0 Å². The van der Waals surface area contributed by atoms with Gasteiger partial charge in [0.1, 0.15) is 5.75 Å². The smallest absolute Gasteiger partial charge is 0.262 e. The highest BCUT2D eigenvalue weighted by Crippen LogP contribution is 2.29. The molecular weight excluding hydrogens is 318 g/mol. The standard InChI is InChI=1S/C19H17N3O3/c1-2-22-8-7-12-3-5-14(10-16(12)22)20-19(24)13-4-6-15-17(9-13)25-11-18(23)21-15/h3-10H,2,11H2,1H3,(H,20,24)(H,21,23). The first-order chi connectivity index (χ1) is 12.1. The predicted molar refractivity (Wildman–Crippen MR) is 96.1 cm³/mol. The lowest BCUT2D eigenvalue weighted by Gasteiger charge is -2.18. The Morgan fingerprint density at radius 2 is 2.12 bits per heavy atom. The number of hydrogen-bond acceptors (Lipinski definition) is 3. The highest BCUT2D eigenvalue weighted by atomic mass is 16.5. The van der Waals surface area contributed by atoms with E-state index in [1.54, 1.807) is 18.2 Å². The third-order valence-corrected chi connectivity index (χ3v) is 4.25. The summed E-state index contributed by atoms with van der Waals surface area (Å²) in [7, 11) is 0. The van der Waals surface area contributed by atoms with Gasteiger partial charge in [0.25, 0.3) is 11.8 Å². The van der Waals surface area contributed by atoms with Crippen molar-refractivity contribution in [3.05, 3.63) is 54.2 Å². The second-order valence-electron chi connectivity index (χ2n) is 5.88. The number of nitrogens with zero attached hydrogens (tertiary/aromatic N) is 1. The molecule has 25 heavy (non-hydrogen) atoms. The van der Waals surface area contributed by atoms with Crippen LogP contribution in [-0.2, 0) is 11.3 Å². The number of benzene rings is 2. The lowest BCUT2D eigenvalue weighted by Crippen LogP contribution is -2.25. The molecule has 6 heteroatoms. The largest absolute Gasteiger partial charge is 0.482 e. The van der Waals surface area contributed by atoms with Crippen LogP contribution in [0.1, 0.15) is 17.3 Å². The fraction of sp³-hybridized carbons (Fsp3) is 0.158. The molecule has 3 aromatic rings. The summed E-state index contributed by atoms with van der Waals surface area (Å²) in [5.74, 6) is 0.0803. The van der Waals surface area contributed by atoms with Crippen molar-refractivity contribution in [3.63, 3.8) is 0 Å². The van der Waals surface area contributed by atoms with Crippen molar-refractivity contribution in [1.82, 2.24) is 4.57 Å². The Morgan fingerprint density at radius 1 is 1.24 bits per heavy atom. The number of ether oxygens (including phenoxy) is 1. The monoisotopic (exact) mass is 335 g/mol. The van der Waals surface area contributed by atoms with Gasteiger partial charge in [-0.2, -0.15) is 0 Å². The second-order valence-corrected chi connectivity index (χ2v) is 5.88. The summed E-state index contributed by atoms with van der Waals surface area (Å²) in [6, 6.07) is 12.9. The molecule has 2 heterocycles. The molecule has 0 atom stereocenters. The second kappa shape index (κ2) is 5.98. The van der Waals surface area contributed by atoms with Crippen LogP contribution in [0.2, 0.25) is 0 Å². The molecule has 0 radical (unpaired) electrons. The van der Waals surface area contributed by atoms with Gasteiger partial charge in [0.15, 0.2) is 6.61 Å². The molecule has 126 valence electrons. The molecule has 2 aromatic carbocycles. The van der Waals surface area contributed by atoms with E-state index < -0.39 is 0 Å². The van der Waals surface area contributed by atoms with Gasteiger partial charge in [-0.3, -0.25) is 9.59 Å². The average molecular weight is 335 g/mol. The molecule has 1 aliphatic rings. The number of rotatable bonds is 3. The van der Waals surface area contributed by atoms with E-state index in [-0.39, 0.29) is 18.4 Å². The Hall–Kier alpha value is -3.28. The van der Waals surface area contributed by atoms with Gasteiger partial charge in [-0.15, -0.1) is 0 Å². The van der Waals surface area contributed by atoms with Gasteiger partial charge >= 0.3 is 0 Å². The van der Waals surface area contributed by atoms with Crippen molar-refractivity contribution < 1.29 is 14.3 Å². The SMILES string of the molecule is CCn1ccc2ccc(NC(=O)c3ccc4c(c3)OCC(=O)N4)cc21. The zero-order valence-corrected chi connectivity index (χ0v) is 13.7. The maximum absolute atomic E-state index is 12.5. The topological polar surface area (TPSA) is 72.4 Å². The molecule has 1 aromatic heterocycles. The molecule has 0 saturated carbocycles. The number of anilines is 2. The zero-order valence-electron chi connectivity index (χ0n) is 13.7. The third kappa shape index (κ3) is 2.82. The molecule has 6 nitrogen and oxygen atoms in total. The summed E-state index contributed by atoms with van der Waals surface area (Å²) in [5, 5.41) is 6.76. The van der Waals surface area contributed by atoms with Crippen LogP contribution < -0.4 is 15.4 Å². The van der Waals surface area contributed by atoms with Crippen LogP contribution in [0.25, 0.3) is 10.9 Å². The lowest BCUT2D eigenvalue weighted by molar-refractivity contribution is -0.118. The van der Waals surface area contributed by atoms with E-state index in [4.69, 9.17) is 4.74 Å². The third-order valence-electron chi connectivity index (χ3n) is 4.25. The Bertz CT molecular complexity index is 991. The van der Waals surface area contributed by atoms with E-state index in [1.165, 1.54) is 0 Å². The summed E-state index contributed by atoms with van der Waals surface area (Å²) in [6.45, 7) is 2.91. The van der Waals surface area contributed by atoms with Crippen molar-refractivity contribution in [2.45, 2.75) is 13.5 Å². The predicted octanol–water partition coefficient (Wildman–Crippen LogP) is 3.24. The van der Waals surface area contributed by atoms with Gasteiger partial charge in [-0.1, -0.05) is 6.07 Å². The molecule has 0 saturated heterocycles. The molecule has 2 amide bonds. The van der Waals surface area contributed by atoms with E-state index >= 15 is 0 Å². The summed E-state index contributed by atoms with van der Waals surface area (Å²) < 4.78 is 7.48. The van der Waals surface area contributed by atoms with Crippen LogP contribution in [0.4, 0.5) is 11.4 Å². The fourth-order valence-electron chi connectivity index (χ4n) is 2.96. The van der Waals surface area contributed by atoms with Gasteiger partial charge in [-0.05, 0) is 48.7 Å². The van der Waals surface area contributed by atoms with Crippen molar-refractivity contribution in [1.29, 1.82) is 0 Å². The molecule has 4 rings (SSSR count). The van der Waals surface area contributed by atoms with Gasteiger partial charge in [-0.25, -0.2) is 0 Å².